The van der Waals surface area contributed by atoms with E-state index in [2.05, 4.69) is 9.73 Å². The van der Waals surface area contributed by atoms with Gasteiger partial charge in [-0.25, -0.2) is 4.79 Å². The van der Waals surface area contributed by atoms with Gasteiger partial charge in [-0.2, -0.15) is 4.99 Å². The first-order chi connectivity index (χ1) is 12.5. The molecule has 136 valence electrons. The van der Waals surface area contributed by atoms with E-state index in [1.807, 2.05) is 4.90 Å². The molecule has 0 bridgehead atoms. The summed E-state index contributed by atoms with van der Waals surface area (Å²) >= 11 is 1.32. The lowest BCUT2D eigenvalue weighted by Gasteiger charge is -2.31. The lowest BCUT2D eigenvalue weighted by molar-refractivity contribution is -0.123. The van der Waals surface area contributed by atoms with Gasteiger partial charge in [0.05, 0.1) is 17.6 Å². The number of piperidine rings is 1. The van der Waals surface area contributed by atoms with Gasteiger partial charge >= 0.3 is 5.97 Å². The number of hydrogen-bond acceptors (Lipinski definition) is 6. The summed E-state index contributed by atoms with van der Waals surface area (Å²) in [6, 6.07) is 6.81. The van der Waals surface area contributed by atoms with Gasteiger partial charge in [0.1, 0.15) is 0 Å². The maximum atomic E-state index is 12.2. The fraction of sp³-hybridized carbons (Fsp3) is 0.333. The maximum Gasteiger partial charge on any atom is 0.337 e. The summed E-state index contributed by atoms with van der Waals surface area (Å²) in [6.45, 7) is 1.32. The lowest BCUT2D eigenvalue weighted by atomic mass is 9.97. The van der Waals surface area contributed by atoms with Crippen molar-refractivity contribution in [1.29, 1.82) is 0 Å². The minimum absolute atomic E-state index is 0.0997. The van der Waals surface area contributed by atoms with E-state index in [-0.39, 0.29) is 17.7 Å². The first-order valence-electron chi connectivity index (χ1n) is 8.23. The standard InChI is InChI=1S/C18H19N3O4S/c1-25-17(24)13-4-2-11(3-5-13)10-14-16(23)20-18(26-14)21-8-6-12(7-9-21)15(19)22/h2-5,10,12H,6-9H2,1H3,(H2,19,22)/b14-10+. The zero-order valence-electron chi connectivity index (χ0n) is 14.3. The first kappa shape index (κ1) is 18.2. The van der Waals surface area contributed by atoms with E-state index in [0.717, 1.165) is 5.56 Å². The fourth-order valence-corrected chi connectivity index (χ4v) is 3.84. The minimum atomic E-state index is -0.402. The van der Waals surface area contributed by atoms with E-state index < -0.39 is 5.97 Å². The molecule has 1 aromatic rings. The molecule has 0 saturated carbocycles. The van der Waals surface area contributed by atoms with Gasteiger partial charge in [0.25, 0.3) is 5.91 Å². The number of aliphatic imine (C=N–C) groups is 1. The van der Waals surface area contributed by atoms with Crippen LogP contribution >= 0.6 is 11.8 Å². The van der Waals surface area contributed by atoms with Crippen LogP contribution in [0.2, 0.25) is 0 Å². The van der Waals surface area contributed by atoms with Crippen LogP contribution in [0.5, 0.6) is 0 Å². The number of likely N-dealkylation sites (tertiary alicyclic amines) is 1. The number of hydrogen-bond donors (Lipinski definition) is 1. The summed E-state index contributed by atoms with van der Waals surface area (Å²) < 4.78 is 4.66. The Balaban J connectivity index is 1.65. The van der Waals surface area contributed by atoms with Crippen molar-refractivity contribution in [2.24, 2.45) is 16.6 Å². The molecule has 0 unspecified atom stereocenters. The third-order valence-corrected chi connectivity index (χ3v) is 5.45. The van der Waals surface area contributed by atoms with Gasteiger partial charge in [0.15, 0.2) is 5.17 Å². The number of esters is 1. The largest absolute Gasteiger partial charge is 0.465 e. The van der Waals surface area contributed by atoms with Gasteiger partial charge in [0, 0.05) is 19.0 Å². The number of carbonyl (C=O) groups is 3. The third-order valence-electron chi connectivity index (χ3n) is 4.41. The van der Waals surface area contributed by atoms with Gasteiger partial charge in [0.2, 0.25) is 5.91 Å². The number of rotatable bonds is 3. The number of carbonyl (C=O) groups excluding carboxylic acids is 3. The average molecular weight is 373 g/mol. The normalized spacial score (nSPS) is 19.6. The molecule has 2 amide bonds. The molecule has 0 radical (unpaired) electrons. The molecule has 2 aliphatic heterocycles. The predicted octanol–water partition coefficient (Wildman–Crippen LogP) is 1.64. The van der Waals surface area contributed by atoms with E-state index in [1.165, 1.54) is 18.9 Å². The van der Waals surface area contributed by atoms with Crippen molar-refractivity contribution in [3.63, 3.8) is 0 Å². The lowest BCUT2D eigenvalue weighted by Crippen LogP contribution is -2.40. The summed E-state index contributed by atoms with van der Waals surface area (Å²) in [7, 11) is 1.33. The number of nitrogens with zero attached hydrogens (tertiary/aromatic N) is 2. The Labute approximate surface area is 155 Å². The highest BCUT2D eigenvalue weighted by Gasteiger charge is 2.30. The topological polar surface area (TPSA) is 102 Å². The summed E-state index contributed by atoms with van der Waals surface area (Å²) in [5.74, 6) is -1.05. The van der Waals surface area contributed by atoms with Crippen LogP contribution in [0.15, 0.2) is 34.2 Å². The number of methoxy groups -OCH3 is 1. The van der Waals surface area contributed by atoms with Crippen molar-refractivity contribution in [2.75, 3.05) is 20.2 Å². The predicted molar refractivity (Wildman–Crippen MR) is 99.3 cm³/mol. The summed E-state index contributed by atoms with van der Waals surface area (Å²) in [5.41, 5.74) is 6.61. The van der Waals surface area contributed by atoms with Crippen LogP contribution in [0.25, 0.3) is 6.08 Å². The number of nitrogens with two attached hydrogens (primary N) is 1. The van der Waals surface area contributed by atoms with E-state index in [0.29, 0.717) is 41.6 Å². The van der Waals surface area contributed by atoms with Gasteiger partial charge < -0.3 is 15.4 Å². The highest BCUT2D eigenvalue weighted by atomic mass is 32.2. The summed E-state index contributed by atoms with van der Waals surface area (Å²) in [5, 5.41) is 0.662. The molecular weight excluding hydrogens is 354 g/mol. The fourth-order valence-electron chi connectivity index (χ4n) is 2.87. The number of ether oxygens (including phenoxy) is 1. The molecule has 2 aliphatic rings. The number of amides is 2. The zero-order valence-corrected chi connectivity index (χ0v) is 15.1. The molecule has 0 spiro atoms. The van der Waals surface area contributed by atoms with E-state index in [4.69, 9.17) is 5.73 Å². The van der Waals surface area contributed by atoms with E-state index in [9.17, 15) is 14.4 Å². The number of benzene rings is 1. The summed E-state index contributed by atoms with van der Waals surface area (Å²) in [6.07, 6.45) is 3.11. The van der Waals surface area contributed by atoms with Gasteiger partial charge in [-0.15, -0.1) is 0 Å². The number of primary amides is 1. The third kappa shape index (κ3) is 3.96. The molecular formula is C18H19N3O4S. The molecule has 1 saturated heterocycles. The van der Waals surface area contributed by atoms with Gasteiger partial charge in [-0.3, -0.25) is 9.59 Å². The van der Waals surface area contributed by atoms with Gasteiger partial charge in [-0.1, -0.05) is 12.1 Å². The number of thioether (sulfide) groups is 1. The Morgan fingerprint density at radius 2 is 1.92 bits per heavy atom. The summed E-state index contributed by atoms with van der Waals surface area (Å²) in [4.78, 5) is 41.6. The zero-order chi connectivity index (χ0) is 18.7. The Kier molecular flexibility index (Phi) is 5.41. The maximum absolute atomic E-state index is 12.2. The number of amidine groups is 1. The Bertz CT molecular complexity index is 793. The average Bonchev–Trinajstić information content (AvgIpc) is 3.02. The van der Waals surface area contributed by atoms with Crippen LogP contribution < -0.4 is 5.73 Å². The van der Waals surface area contributed by atoms with Crippen molar-refractivity contribution in [3.8, 4) is 0 Å². The molecule has 7 nitrogen and oxygen atoms in total. The molecule has 0 atom stereocenters. The van der Waals surface area contributed by atoms with Crippen molar-refractivity contribution in [2.45, 2.75) is 12.8 Å². The van der Waals surface area contributed by atoms with Crippen molar-refractivity contribution in [3.05, 3.63) is 40.3 Å². The molecule has 3 rings (SSSR count). The van der Waals surface area contributed by atoms with Crippen molar-refractivity contribution < 1.29 is 19.1 Å². The molecule has 0 aromatic heterocycles. The Hall–Kier alpha value is -2.61. The second-order valence-electron chi connectivity index (χ2n) is 6.09. The van der Waals surface area contributed by atoms with Crippen LogP contribution in [0, 0.1) is 5.92 Å². The molecule has 2 N–H and O–H groups in total. The highest BCUT2D eigenvalue weighted by molar-refractivity contribution is 8.18. The second-order valence-corrected chi connectivity index (χ2v) is 7.10. The van der Waals surface area contributed by atoms with Crippen LogP contribution in [0.4, 0.5) is 0 Å². The quantitative estimate of drug-likeness (QED) is 0.638. The van der Waals surface area contributed by atoms with Crippen LogP contribution in [0.1, 0.15) is 28.8 Å². The highest BCUT2D eigenvalue weighted by Crippen LogP contribution is 2.32. The molecule has 1 aromatic carbocycles. The molecule has 1 fully saturated rings. The van der Waals surface area contributed by atoms with Crippen LogP contribution in [0.3, 0.4) is 0 Å². The van der Waals surface area contributed by atoms with Crippen LogP contribution in [-0.2, 0) is 14.3 Å². The second kappa shape index (κ2) is 7.74. The molecule has 26 heavy (non-hydrogen) atoms. The van der Waals surface area contributed by atoms with Crippen molar-refractivity contribution >= 4 is 40.8 Å². The molecule has 0 aliphatic carbocycles. The van der Waals surface area contributed by atoms with Gasteiger partial charge in [-0.05, 0) is 48.4 Å². The smallest absolute Gasteiger partial charge is 0.337 e. The Morgan fingerprint density at radius 1 is 1.27 bits per heavy atom. The molecule has 2 heterocycles. The van der Waals surface area contributed by atoms with E-state index in [1.54, 1.807) is 30.3 Å². The monoisotopic (exact) mass is 373 g/mol. The molecule has 8 heteroatoms. The SMILES string of the molecule is COC(=O)c1ccc(/C=C2/SC(N3CCC(C(N)=O)CC3)=NC2=O)cc1. The Morgan fingerprint density at radius 3 is 2.50 bits per heavy atom. The van der Waals surface area contributed by atoms with E-state index >= 15 is 0 Å². The van der Waals surface area contributed by atoms with Crippen molar-refractivity contribution in [1.82, 2.24) is 4.90 Å². The first-order valence-corrected chi connectivity index (χ1v) is 9.05. The minimum Gasteiger partial charge on any atom is -0.465 e. The van der Waals surface area contributed by atoms with Crippen LogP contribution in [-0.4, -0.2) is 48.1 Å².